The molecule has 2 amide bonds. The van der Waals surface area contributed by atoms with Crippen LogP contribution < -0.4 is 16.1 Å². The van der Waals surface area contributed by atoms with Crippen molar-refractivity contribution in [3.05, 3.63) is 96.1 Å². The molecule has 40 heavy (non-hydrogen) atoms. The second kappa shape index (κ2) is 9.91. The van der Waals surface area contributed by atoms with Crippen LogP contribution in [-0.4, -0.2) is 50.8 Å². The molecule has 202 valence electrons. The van der Waals surface area contributed by atoms with Crippen molar-refractivity contribution in [1.29, 1.82) is 0 Å². The topological polar surface area (TPSA) is 128 Å². The molecule has 2 N–H and O–H groups in total. The molecular weight excluding hydrogens is 578 g/mol. The molecule has 2 aliphatic rings. The Kier molecular flexibility index (Phi) is 6.38. The summed E-state index contributed by atoms with van der Waals surface area (Å²) in [6, 6.07) is 14.0. The van der Waals surface area contributed by atoms with Crippen molar-refractivity contribution in [3.63, 3.8) is 0 Å². The lowest BCUT2D eigenvalue weighted by Gasteiger charge is -2.31. The molecule has 6 rings (SSSR count). The van der Waals surface area contributed by atoms with Gasteiger partial charge in [-0.15, -0.1) is 0 Å². The molecule has 0 bridgehead atoms. The van der Waals surface area contributed by atoms with Crippen LogP contribution in [-0.2, 0) is 0 Å². The number of aromatic hydroxyl groups is 1. The van der Waals surface area contributed by atoms with Gasteiger partial charge in [0, 0.05) is 34.0 Å². The molecule has 10 nitrogen and oxygen atoms in total. The zero-order chi connectivity index (χ0) is 28.1. The largest absolute Gasteiger partial charge is 0.493 e. The second-order valence-electron chi connectivity index (χ2n) is 9.84. The third-order valence-electron chi connectivity index (χ3n) is 7.38. The Morgan fingerprint density at radius 1 is 0.925 bits per heavy atom. The highest BCUT2D eigenvalue weighted by Gasteiger charge is 2.34. The molecule has 2 aliphatic heterocycles. The lowest BCUT2D eigenvalue weighted by atomic mass is 9.93. The van der Waals surface area contributed by atoms with E-state index in [4.69, 9.17) is 0 Å². The van der Waals surface area contributed by atoms with Crippen molar-refractivity contribution in [3.8, 4) is 11.6 Å². The first-order valence-corrected chi connectivity index (χ1v) is 13.6. The average Bonchev–Trinajstić information content (AvgIpc) is 2.94. The quantitative estimate of drug-likeness (QED) is 0.268. The molecule has 1 saturated heterocycles. The summed E-state index contributed by atoms with van der Waals surface area (Å²) in [4.78, 5) is 56.7. The van der Waals surface area contributed by atoms with Gasteiger partial charge in [0.1, 0.15) is 5.56 Å². The monoisotopic (exact) mass is 601 g/mol. The number of anilines is 1. The predicted molar refractivity (Wildman–Crippen MR) is 155 cm³/mol. The van der Waals surface area contributed by atoms with Gasteiger partial charge in [-0.1, -0.05) is 28.1 Å². The molecule has 3 heterocycles. The Morgan fingerprint density at radius 2 is 1.62 bits per heavy atom. The Morgan fingerprint density at radius 3 is 2.35 bits per heavy atom. The van der Waals surface area contributed by atoms with E-state index in [0.29, 0.717) is 32.8 Å². The number of rotatable bonds is 4. The van der Waals surface area contributed by atoms with E-state index in [1.54, 1.807) is 43.3 Å². The Labute approximate surface area is 236 Å². The van der Waals surface area contributed by atoms with E-state index in [-0.39, 0.29) is 5.56 Å². The minimum atomic E-state index is -0.914. The maximum Gasteiger partial charge on any atom is 0.335 e. The third-order valence-corrected chi connectivity index (χ3v) is 7.88. The molecule has 4 aromatic rings. The summed E-state index contributed by atoms with van der Waals surface area (Å²) in [5.74, 6) is -1.97. The number of carbonyl (C=O) groups is 2. The van der Waals surface area contributed by atoms with Crippen LogP contribution in [0.5, 0.6) is 5.88 Å². The average molecular weight is 602 g/mol. The van der Waals surface area contributed by atoms with Crippen molar-refractivity contribution in [1.82, 2.24) is 14.6 Å². The molecule has 1 aromatic heterocycles. The molecule has 0 aliphatic carbocycles. The van der Waals surface area contributed by atoms with Gasteiger partial charge in [0.2, 0.25) is 5.88 Å². The summed E-state index contributed by atoms with van der Waals surface area (Å²) in [7, 11) is 0. The maximum absolute atomic E-state index is 13.5. The molecule has 0 atom stereocenters. The van der Waals surface area contributed by atoms with Gasteiger partial charge in [0.15, 0.2) is 0 Å². The summed E-state index contributed by atoms with van der Waals surface area (Å²) < 4.78 is 1.70. The summed E-state index contributed by atoms with van der Waals surface area (Å²) in [6.07, 6.45) is 4.27. The highest BCUT2D eigenvalue weighted by molar-refractivity contribution is 9.10. The number of aromatic amines is 1. The number of halogens is 1. The van der Waals surface area contributed by atoms with Crippen molar-refractivity contribution >= 4 is 50.4 Å². The fraction of sp³-hybridized carbons (Fsp3) is 0.207. The SMILES string of the molecule is Cc1cc(Br)ccc1-n1c(O)c(/C=N/N2C(=O)c3cccc4c(N5CCCCC5)ccc(c34)C2=O)c(=O)[nH]c1=O. The predicted octanol–water partition coefficient (Wildman–Crippen LogP) is 4.08. The Bertz CT molecular complexity index is 1850. The van der Waals surface area contributed by atoms with Gasteiger partial charge in [-0.25, -0.2) is 9.36 Å². The van der Waals surface area contributed by atoms with Crippen LogP contribution in [0, 0.1) is 6.92 Å². The normalized spacial score (nSPS) is 15.4. The van der Waals surface area contributed by atoms with Gasteiger partial charge < -0.3 is 10.0 Å². The molecule has 0 saturated carbocycles. The second-order valence-corrected chi connectivity index (χ2v) is 10.8. The van der Waals surface area contributed by atoms with Crippen molar-refractivity contribution in [2.75, 3.05) is 18.0 Å². The molecule has 0 unspecified atom stereocenters. The van der Waals surface area contributed by atoms with Crippen LogP contribution in [0.4, 0.5) is 5.69 Å². The summed E-state index contributed by atoms with van der Waals surface area (Å²) in [5.41, 5.74) is 0.465. The molecule has 0 spiro atoms. The number of H-pyrrole nitrogens is 1. The summed E-state index contributed by atoms with van der Waals surface area (Å²) in [6.45, 7) is 3.57. The third kappa shape index (κ3) is 4.13. The number of hydrogen-bond acceptors (Lipinski definition) is 7. The lowest BCUT2D eigenvalue weighted by Crippen LogP contribution is -2.37. The zero-order valence-corrected chi connectivity index (χ0v) is 23.1. The number of hydrazone groups is 1. The van der Waals surface area contributed by atoms with Gasteiger partial charge in [-0.05, 0) is 68.1 Å². The fourth-order valence-electron chi connectivity index (χ4n) is 5.45. The summed E-state index contributed by atoms with van der Waals surface area (Å²) >= 11 is 3.36. The van der Waals surface area contributed by atoms with Gasteiger partial charge in [-0.2, -0.15) is 10.1 Å². The number of nitrogens with zero attached hydrogens (tertiary/aromatic N) is 4. The van der Waals surface area contributed by atoms with Crippen molar-refractivity contribution in [2.24, 2.45) is 5.10 Å². The molecule has 0 radical (unpaired) electrons. The van der Waals surface area contributed by atoms with Crippen molar-refractivity contribution < 1.29 is 14.7 Å². The van der Waals surface area contributed by atoms with E-state index in [2.05, 4.69) is 30.9 Å². The van der Waals surface area contributed by atoms with Gasteiger partial charge >= 0.3 is 5.69 Å². The van der Waals surface area contributed by atoms with E-state index in [0.717, 1.165) is 52.3 Å². The van der Waals surface area contributed by atoms with Crippen LogP contribution in [0.2, 0.25) is 0 Å². The number of carbonyl (C=O) groups excluding carboxylic acids is 2. The molecule has 3 aromatic carbocycles. The number of aryl methyl sites for hydroxylation is 1. The molecular formula is C29H24BrN5O5. The van der Waals surface area contributed by atoms with E-state index in [1.807, 2.05) is 12.1 Å². The van der Waals surface area contributed by atoms with Crippen molar-refractivity contribution in [2.45, 2.75) is 26.2 Å². The minimum Gasteiger partial charge on any atom is -0.493 e. The first-order valence-electron chi connectivity index (χ1n) is 12.8. The lowest BCUT2D eigenvalue weighted by molar-refractivity contribution is 0.0616. The smallest absolute Gasteiger partial charge is 0.335 e. The minimum absolute atomic E-state index is 0.316. The van der Waals surface area contributed by atoms with E-state index in [9.17, 15) is 24.3 Å². The van der Waals surface area contributed by atoms with E-state index in [1.165, 1.54) is 6.42 Å². The highest BCUT2D eigenvalue weighted by atomic mass is 79.9. The van der Waals surface area contributed by atoms with Crippen LogP contribution in [0.25, 0.3) is 16.5 Å². The summed E-state index contributed by atoms with van der Waals surface area (Å²) in [5, 5.41) is 17.1. The van der Waals surface area contributed by atoms with Crippen LogP contribution in [0.3, 0.4) is 0 Å². The van der Waals surface area contributed by atoms with Gasteiger partial charge in [0.05, 0.1) is 23.0 Å². The first kappa shape index (κ1) is 25.8. The molecule has 1 fully saturated rings. The number of aromatic nitrogens is 2. The van der Waals surface area contributed by atoms with Gasteiger partial charge in [0.25, 0.3) is 17.4 Å². The fourth-order valence-corrected chi connectivity index (χ4v) is 5.92. The first-order chi connectivity index (χ1) is 19.3. The van der Waals surface area contributed by atoms with Gasteiger partial charge in [-0.3, -0.25) is 19.4 Å². The number of benzene rings is 3. The van der Waals surface area contributed by atoms with E-state index >= 15 is 0 Å². The maximum atomic E-state index is 13.5. The Hall–Kier alpha value is -4.51. The number of imide groups is 1. The van der Waals surface area contributed by atoms with E-state index < -0.39 is 28.9 Å². The van der Waals surface area contributed by atoms with Crippen LogP contribution in [0.15, 0.2) is 67.7 Å². The zero-order valence-electron chi connectivity index (χ0n) is 21.5. The molecule has 11 heteroatoms. The Balaban J connectivity index is 1.41. The van der Waals surface area contributed by atoms with Crippen LogP contribution in [0.1, 0.15) is 51.1 Å². The highest BCUT2D eigenvalue weighted by Crippen LogP contribution is 2.37. The standard InChI is InChI=1S/C29H24BrN5O5/c1-16-14-17(30)8-10-22(16)34-26(37)21(25(36)32-29(34)40)15-31-35-27(38)19-7-5-6-18-23(33-12-3-2-4-13-33)11-9-20(24(18)19)28(35)39/h5-11,14-15,37H,2-4,12-13H2,1H3,(H,32,36,40)/b31-15+. The number of hydrogen-bond donors (Lipinski definition) is 2. The number of nitrogens with one attached hydrogen (secondary N) is 1. The van der Waals surface area contributed by atoms with Crippen LogP contribution >= 0.6 is 15.9 Å². The number of piperidine rings is 1. The number of amides is 2.